The third kappa shape index (κ3) is 4.59. The maximum absolute atomic E-state index is 12.2. The molecule has 0 bridgehead atoms. The van der Waals surface area contributed by atoms with Gasteiger partial charge in [0.15, 0.2) is 0 Å². The third-order valence-corrected chi connectivity index (χ3v) is 3.66. The zero-order valence-electron chi connectivity index (χ0n) is 14.3. The van der Waals surface area contributed by atoms with E-state index in [1.54, 1.807) is 18.2 Å². The first-order valence-corrected chi connectivity index (χ1v) is 7.99. The molecule has 2 amide bonds. The zero-order valence-corrected chi connectivity index (χ0v) is 14.3. The van der Waals surface area contributed by atoms with Gasteiger partial charge in [0.25, 0.3) is 5.91 Å². The van der Waals surface area contributed by atoms with Crippen molar-refractivity contribution in [2.45, 2.75) is 20.8 Å². The van der Waals surface area contributed by atoms with Crippen molar-refractivity contribution >= 4 is 23.2 Å². The molecule has 5 heteroatoms. The van der Waals surface area contributed by atoms with Gasteiger partial charge in [0.1, 0.15) is 0 Å². The van der Waals surface area contributed by atoms with Crippen LogP contribution in [0.5, 0.6) is 0 Å². The van der Waals surface area contributed by atoms with Crippen molar-refractivity contribution in [2.24, 2.45) is 0 Å². The third-order valence-electron chi connectivity index (χ3n) is 3.66. The molecule has 0 aliphatic heterocycles. The Morgan fingerprint density at radius 1 is 1.00 bits per heavy atom. The fraction of sp³-hybridized carbons (Fsp3) is 0.263. The normalized spacial score (nSPS) is 10.1. The quantitative estimate of drug-likeness (QED) is 0.764. The van der Waals surface area contributed by atoms with Crippen molar-refractivity contribution in [3.8, 4) is 0 Å². The van der Waals surface area contributed by atoms with E-state index in [2.05, 4.69) is 16.0 Å². The molecule has 0 aliphatic carbocycles. The van der Waals surface area contributed by atoms with Crippen molar-refractivity contribution in [2.75, 3.05) is 23.7 Å². The van der Waals surface area contributed by atoms with Gasteiger partial charge in [0.2, 0.25) is 5.91 Å². The summed E-state index contributed by atoms with van der Waals surface area (Å²) in [4.78, 5) is 24.0. The van der Waals surface area contributed by atoms with Gasteiger partial charge >= 0.3 is 0 Å². The summed E-state index contributed by atoms with van der Waals surface area (Å²) < 4.78 is 0. The van der Waals surface area contributed by atoms with Gasteiger partial charge in [-0.15, -0.1) is 0 Å². The molecule has 0 atom stereocenters. The summed E-state index contributed by atoms with van der Waals surface area (Å²) in [7, 11) is 0. The lowest BCUT2D eigenvalue weighted by molar-refractivity contribution is -0.114. The average Bonchev–Trinajstić information content (AvgIpc) is 2.57. The van der Waals surface area contributed by atoms with E-state index in [9.17, 15) is 9.59 Å². The second-order valence-corrected chi connectivity index (χ2v) is 5.61. The van der Waals surface area contributed by atoms with Gasteiger partial charge in [0.05, 0.1) is 6.54 Å². The Balaban J connectivity index is 1.97. The number of hydrogen-bond acceptors (Lipinski definition) is 3. The van der Waals surface area contributed by atoms with Gasteiger partial charge in [-0.3, -0.25) is 9.59 Å². The summed E-state index contributed by atoms with van der Waals surface area (Å²) in [6, 6.07) is 13.0. The Morgan fingerprint density at radius 2 is 1.67 bits per heavy atom. The maximum atomic E-state index is 12.2. The van der Waals surface area contributed by atoms with Crippen LogP contribution in [-0.2, 0) is 4.79 Å². The van der Waals surface area contributed by atoms with Crippen LogP contribution < -0.4 is 16.0 Å². The topological polar surface area (TPSA) is 70.2 Å². The molecule has 24 heavy (non-hydrogen) atoms. The summed E-state index contributed by atoms with van der Waals surface area (Å²) in [5.74, 6) is -0.253. The molecule has 0 fully saturated rings. The summed E-state index contributed by atoms with van der Waals surface area (Å²) in [6.07, 6.45) is 0. The molecular weight excluding hydrogens is 302 g/mol. The van der Waals surface area contributed by atoms with Gasteiger partial charge in [-0.25, -0.2) is 0 Å². The lowest BCUT2D eigenvalue weighted by Gasteiger charge is -2.12. The van der Waals surface area contributed by atoms with Crippen LogP contribution in [0.2, 0.25) is 0 Å². The van der Waals surface area contributed by atoms with E-state index in [-0.39, 0.29) is 18.4 Å². The molecule has 0 aliphatic rings. The van der Waals surface area contributed by atoms with Crippen LogP contribution in [0.15, 0.2) is 42.5 Å². The van der Waals surface area contributed by atoms with Crippen molar-refractivity contribution in [1.29, 1.82) is 0 Å². The summed E-state index contributed by atoms with van der Waals surface area (Å²) in [5, 5.41) is 8.73. The van der Waals surface area contributed by atoms with Crippen molar-refractivity contribution in [3.63, 3.8) is 0 Å². The summed E-state index contributed by atoms with van der Waals surface area (Å²) in [5.41, 5.74) is 4.20. The lowest BCUT2D eigenvalue weighted by atomic mass is 10.1. The van der Waals surface area contributed by atoms with Gasteiger partial charge in [0, 0.05) is 23.5 Å². The zero-order chi connectivity index (χ0) is 17.5. The number of carbonyl (C=O) groups excluding carboxylic acids is 2. The molecule has 0 heterocycles. The molecule has 0 spiro atoms. The highest BCUT2D eigenvalue weighted by atomic mass is 16.2. The van der Waals surface area contributed by atoms with Crippen LogP contribution in [0.3, 0.4) is 0 Å². The molecule has 0 radical (unpaired) electrons. The number of hydrogen-bond donors (Lipinski definition) is 3. The highest BCUT2D eigenvalue weighted by molar-refractivity contribution is 5.96. The second-order valence-electron chi connectivity index (χ2n) is 5.61. The number of aryl methyl sites for hydroxylation is 2. The Labute approximate surface area is 142 Å². The number of para-hydroxylation sites is 1. The standard InChI is InChI=1S/C19H23N3O2/c1-4-20-19(24)15-9-6-10-16(11-15)21-12-17(23)22-18-13(2)7-5-8-14(18)3/h5-11,21H,4,12H2,1-3H3,(H,20,24)(H,22,23). The van der Waals surface area contributed by atoms with E-state index >= 15 is 0 Å². The maximum Gasteiger partial charge on any atom is 0.251 e. The molecule has 5 nitrogen and oxygen atoms in total. The Kier molecular flexibility index (Phi) is 5.95. The first-order valence-electron chi connectivity index (χ1n) is 7.99. The Hall–Kier alpha value is -2.82. The molecule has 2 aromatic carbocycles. The number of benzene rings is 2. The monoisotopic (exact) mass is 325 g/mol. The van der Waals surface area contributed by atoms with Crippen LogP contribution >= 0.6 is 0 Å². The van der Waals surface area contributed by atoms with Gasteiger partial charge < -0.3 is 16.0 Å². The number of nitrogens with one attached hydrogen (secondary N) is 3. The first-order chi connectivity index (χ1) is 11.5. The van der Waals surface area contributed by atoms with Crippen LogP contribution in [0.1, 0.15) is 28.4 Å². The van der Waals surface area contributed by atoms with Gasteiger partial charge in [-0.2, -0.15) is 0 Å². The summed E-state index contributed by atoms with van der Waals surface area (Å²) >= 11 is 0. The molecule has 0 saturated carbocycles. The summed E-state index contributed by atoms with van der Waals surface area (Å²) in [6.45, 7) is 6.51. The van der Waals surface area contributed by atoms with Crippen molar-refractivity contribution in [1.82, 2.24) is 5.32 Å². The predicted octanol–water partition coefficient (Wildman–Crippen LogP) is 3.10. The van der Waals surface area contributed by atoms with Crippen LogP contribution in [0, 0.1) is 13.8 Å². The van der Waals surface area contributed by atoms with E-state index < -0.39 is 0 Å². The SMILES string of the molecule is CCNC(=O)c1cccc(NCC(=O)Nc2c(C)cccc2C)c1. The van der Waals surface area contributed by atoms with E-state index in [1.165, 1.54) is 0 Å². The smallest absolute Gasteiger partial charge is 0.251 e. The molecule has 126 valence electrons. The highest BCUT2D eigenvalue weighted by Crippen LogP contribution is 2.19. The van der Waals surface area contributed by atoms with Crippen molar-refractivity contribution < 1.29 is 9.59 Å². The highest BCUT2D eigenvalue weighted by Gasteiger charge is 2.08. The minimum atomic E-state index is -0.129. The number of amides is 2. The van der Waals surface area contributed by atoms with Crippen LogP contribution in [0.4, 0.5) is 11.4 Å². The van der Waals surface area contributed by atoms with E-state index in [0.717, 1.165) is 22.5 Å². The van der Waals surface area contributed by atoms with E-state index in [4.69, 9.17) is 0 Å². The van der Waals surface area contributed by atoms with Gasteiger partial charge in [-0.05, 0) is 50.1 Å². The number of rotatable bonds is 6. The fourth-order valence-electron chi connectivity index (χ4n) is 2.41. The first kappa shape index (κ1) is 17.5. The average molecular weight is 325 g/mol. The van der Waals surface area contributed by atoms with E-state index in [0.29, 0.717) is 12.1 Å². The molecule has 2 aromatic rings. The van der Waals surface area contributed by atoms with Gasteiger partial charge in [-0.1, -0.05) is 24.3 Å². The second kappa shape index (κ2) is 8.15. The molecular formula is C19H23N3O2. The number of anilines is 2. The van der Waals surface area contributed by atoms with E-state index in [1.807, 2.05) is 45.0 Å². The molecule has 0 unspecified atom stereocenters. The fourth-order valence-corrected chi connectivity index (χ4v) is 2.41. The minimum Gasteiger partial charge on any atom is -0.376 e. The molecule has 2 rings (SSSR count). The molecule has 0 aromatic heterocycles. The predicted molar refractivity (Wildman–Crippen MR) is 97.5 cm³/mol. The lowest BCUT2D eigenvalue weighted by Crippen LogP contribution is -2.24. The minimum absolute atomic E-state index is 0.124. The van der Waals surface area contributed by atoms with Crippen LogP contribution in [0.25, 0.3) is 0 Å². The molecule has 0 saturated heterocycles. The molecule has 3 N–H and O–H groups in total. The Bertz CT molecular complexity index is 721. The van der Waals surface area contributed by atoms with Crippen molar-refractivity contribution in [3.05, 3.63) is 59.2 Å². The largest absolute Gasteiger partial charge is 0.376 e. The number of carbonyl (C=O) groups is 2. The Morgan fingerprint density at radius 3 is 2.33 bits per heavy atom. The van der Waals surface area contributed by atoms with Crippen LogP contribution in [-0.4, -0.2) is 24.9 Å².